The Bertz CT molecular complexity index is 1080. The first-order valence-corrected chi connectivity index (χ1v) is 10.4. The average molecular weight is 427 g/mol. The van der Waals surface area contributed by atoms with Gasteiger partial charge in [0.1, 0.15) is 12.4 Å². The zero-order valence-corrected chi connectivity index (χ0v) is 17.5. The van der Waals surface area contributed by atoms with E-state index < -0.39 is 11.7 Å². The number of likely N-dealkylation sites (N-methyl/N-ethyl adjacent to an activating group) is 1. The van der Waals surface area contributed by atoms with Crippen molar-refractivity contribution in [2.75, 3.05) is 19.6 Å². The Kier molecular flexibility index (Phi) is 5.91. The quantitative estimate of drug-likeness (QED) is 0.581. The Morgan fingerprint density at radius 1 is 1.00 bits per heavy atom. The summed E-state index contributed by atoms with van der Waals surface area (Å²) in [6, 6.07) is 13.3. The van der Waals surface area contributed by atoms with Crippen LogP contribution in [-0.2, 0) is 19.1 Å². The van der Waals surface area contributed by atoms with E-state index in [9.17, 15) is 13.2 Å². The minimum atomic E-state index is -4.44. The third kappa shape index (κ3) is 4.25. The molecule has 1 aliphatic rings. The predicted octanol–water partition coefficient (Wildman–Crippen LogP) is 4.52. The highest BCUT2D eigenvalue weighted by Crippen LogP contribution is 2.34. The van der Waals surface area contributed by atoms with E-state index in [4.69, 9.17) is 4.99 Å². The number of rotatable bonds is 6. The topological polar surface area (TPSA) is 46.3 Å². The Morgan fingerprint density at radius 3 is 2.42 bits per heavy atom. The lowest BCUT2D eigenvalue weighted by Crippen LogP contribution is -2.26. The Labute approximate surface area is 179 Å². The summed E-state index contributed by atoms with van der Waals surface area (Å²) in [5.41, 5.74) is 1.87. The molecule has 2 heterocycles. The van der Waals surface area contributed by atoms with Crippen LogP contribution in [0.25, 0.3) is 5.69 Å². The molecule has 31 heavy (non-hydrogen) atoms. The van der Waals surface area contributed by atoms with E-state index in [0.29, 0.717) is 35.0 Å². The van der Waals surface area contributed by atoms with Gasteiger partial charge in [-0.3, -0.25) is 9.56 Å². The van der Waals surface area contributed by atoms with E-state index in [1.54, 1.807) is 4.57 Å². The maximum atomic E-state index is 13.6. The summed E-state index contributed by atoms with van der Waals surface area (Å²) in [6.07, 6.45) is -3.86. The van der Waals surface area contributed by atoms with Crippen molar-refractivity contribution in [1.29, 1.82) is 0 Å². The Hall–Kier alpha value is -3.00. The fourth-order valence-corrected chi connectivity index (χ4v) is 3.86. The molecule has 0 bridgehead atoms. The van der Waals surface area contributed by atoms with Crippen LogP contribution in [0.2, 0.25) is 0 Å². The molecule has 0 saturated heterocycles. The summed E-state index contributed by atoms with van der Waals surface area (Å²) < 4.78 is 42.4. The van der Waals surface area contributed by atoms with Crippen LogP contribution in [0.15, 0.2) is 53.5 Å². The minimum Gasteiger partial charge on any atom is -0.303 e. The molecule has 8 heteroatoms. The summed E-state index contributed by atoms with van der Waals surface area (Å²) >= 11 is 0. The second-order valence-electron chi connectivity index (χ2n) is 7.41. The third-order valence-electron chi connectivity index (χ3n) is 5.59. The van der Waals surface area contributed by atoms with Gasteiger partial charge in [0, 0.05) is 24.1 Å². The average Bonchev–Trinajstić information content (AvgIpc) is 3.09. The molecule has 0 aliphatic carbocycles. The van der Waals surface area contributed by atoms with Crippen molar-refractivity contribution in [3.05, 3.63) is 76.9 Å². The molecule has 0 spiro atoms. The van der Waals surface area contributed by atoms with Gasteiger partial charge in [-0.25, -0.2) is 0 Å². The van der Waals surface area contributed by atoms with Gasteiger partial charge in [0.05, 0.1) is 17.0 Å². The normalized spacial score (nSPS) is 13.5. The van der Waals surface area contributed by atoms with Gasteiger partial charge in [-0.05, 0) is 25.2 Å². The van der Waals surface area contributed by atoms with Crippen molar-refractivity contribution >= 4 is 5.71 Å². The van der Waals surface area contributed by atoms with Crippen LogP contribution in [0, 0.1) is 0 Å². The van der Waals surface area contributed by atoms with Gasteiger partial charge in [-0.1, -0.05) is 50.2 Å². The fraction of sp³-hybridized carbons (Fsp3) is 0.348. The smallest absolute Gasteiger partial charge is 0.303 e. The van der Waals surface area contributed by atoms with Gasteiger partial charge in [0.25, 0.3) is 0 Å². The van der Waals surface area contributed by atoms with E-state index >= 15 is 0 Å². The summed E-state index contributed by atoms with van der Waals surface area (Å²) in [7, 11) is 0. The molecule has 0 saturated carbocycles. The van der Waals surface area contributed by atoms with Gasteiger partial charge < -0.3 is 4.90 Å². The molecule has 2 aromatic carbocycles. The largest absolute Gasteiger partial charge is 0.416 e. The third-order valence-corrected chi connectivity index (χ3v) is 5.59. The summed E-state index contributed by atoms with van der Waals surface area (Å²) in [4.78, 5) is 6.96. The monoisotopic (exact) mass is 427 g/mol. The standard InChI is InChI=1S/C23H24F3N5/c1-3-30(4-2)13-12-20-28-29-21-15-27-22(16-8-6-5-7-9-16)18-11-10-17(23(24,25)26)14-19(18)31(20)21/h5-11,14H,3-4,12-13,15H2,1-2H3. The van der Waals surface area contributed by atoms with E-state index in [0.717, 1.165) is 31.3 Å². The number of alkyl halides is 3. The van der Waals surface area contributed by atoms with Crippen molar-refractivity contribution in [2.45, 2.75) is 33.0 Å². The molecule has 0 N–H and O–H groups in total. The van der Waals surface area contributed by atoms with Crippen molar-refractivity contribution < 1.29 is 13.2 Å². The first-order valence-electron chi connectivity index (χ1n) is 10.4. The predicted molar refractivity (Wildman–Crippen MR) is 114 cm³/mol. The highest BCUT2D eigenvalue weighted by Gasteiger charge is 2.33. The van der Waals surface area contributed by atoms with Crippen molar-refractivity contribution in [1.82, 2.24) is 19.7 Å². The minimum absolute atomic E-state index is 0.249. The highest BCUT2D eigenvalue weighted by atomic mass is 19.4. The van der Waals surface area contributed by atoms with Crippen LogP contribution in [-0.4, -0.2) is 45.0 Å². The summed E-state index contributed by atoms with van der Waals surface area (Å²) in [6.45, 7) is 6.96. The van der Waals surface area contributed by atoms with Gasteiger partial charge in [-0.2, -0.15) is 13.2 Å². The first-order chi connectivity index (χ1) is 14.9. The zero-order valence-electron chi connectivity index (χ0n) is 17.5. The van der Waals surface area contributed by atoms with Gasteiger partial charge >= 0.3 is 6.18 Å². The van der Waals surface area contributed by atoms with Crippen molar-refractivity contribution in [3.8, 4) is 5.69 Å². The van der Waals surface area contributed by atoms with Crippen molar-refractivity contribution in [2.24, 2.45) is 4.99 Å². The summed E-state index contributed by atoms with van der Waals surface area (Å²) in [5, 5.41) is 8.58. The summed E-state index contributed by atoms with van der Waals surface area (Å²) in [5.74, 6) is 1.19. The van der Waals surface area contributed by atoms with Gasteiger partial charge in [0.15, 0.2) is 5.82 Å². The molecule has 0 amide bonds. The van der Waals surface area contributed by atoms with Crippen molar-refractivity contribution in [3.63, 3.8) is 0 Å². The zero-order chi connectivity index (χ0) is 22.0. The number of hydrogen-bond acceptors (Lipinski definition) is 4. The molecule has 0 atom stereocenters. The maximum absolute atomic E-state index is 13.6. The van der Waals surface area contributed by atoms with E-state index in [-0.39, 0.29) is 6.54 Å². The lowest BCUT2D eigenvalue weighted by Gasteiger charge is -2.19. The molecule has 0 unspecified atom stereocenters. The molecular formula is C23H24F3N5. The Balaban J connectivity index is 1.85. The molecule has 3 aromatic rings. The molecule has 0 fully saturated rings. The molecule has 1 aromatic heterocycles. The molecule has 5 nitrogen and oxygen atoms in total. The second-order valence-corrected chi connectivity index (χ2v) is 7.41. The first kappa shape index (κ1) is 21.2. The highest BCUT2D eigenvalue weighted by molar-refractivity contribution is 6.15. The number of benzene rings is 2. The number of nitrogens with zero attached hydrogens (tertiary/aromatic N) is 5. The fourth-order valence-electron chi connectivity index (χ4n) is 3.86. The van der Waals surface area contributed by atoms with E-state index in [1.165, 1.54) is 12.1 Å². The lowest BCUT2D eigenvalue weighted by atomic mass is 9.98. The SMILES string of the molecule is CCN(CC)CCc1nnc2n1-c1cc(C(F)(F)F)ccc1C(c1ccccc1)=NC2. The number of hydrogen-bond donors (Lipinski definition) is 0. The number of aliphatic imine (C=N–C) groups is 1. The van der Waals surface area contributed by atoms with Crippen LogP contribution >= 0.6 is 0 Å². The lowest BCUT2D eigenvalue weighted by molar-refractivity contribution is -0.137. The van der Waals surface area contributed by atoms with Crippen LogP contribution in [0.5, 0.6) is 0 Å². The molecule has 162 valence electrons. The van der Waals surface area contributed by atoms with Crippen LogP contribution in [0.3, 0.4) is 0 Å². The molecular weight excluding hydrogens is 403 g/mol. The number of aromatic nitrogens is 3. The van der Waals surface area contributed by atoms with E-state index in [2.05, 4.69) is 28.9 Å². The molecule has 4 rings (SSSR count). The van der Waals surface area contributed by atoms with E-state index in [1.807, 2.05) is 30.3 Å². The van der Waals surface area contributed by atoms with Crippen LogP contribution < -0.4 is 0 Å². The molecule has 0 radical (unpaired) electrons. The van der Waals surface area contributed by atoms with Crippen LogP contribution in [0.1, 0.15) is 42.2 Å². The molecule has 1 aliphatic heterocycles. The number of halogens is 3. The maximum Gasteiger partial charge on any atom is 0.416 e. The van der Waals surface area contributed by atoms with Gasteiger partial charge in [0.2, 0.25) is 0 Å². The van der Waals surface area contributed by atoms with Gasteiger partial charge in [-0.15, -0.1) is 10.2 Å². The van der Waals surface area contributed by atoms with Crippen LogP contribution in [0.4, 0.5) is 13.2 Å². The second kappa shape index (κ2) is 8.63. The Morgan fingerprint density at radius 2 is 1.74 bits per heavy atom. The number of fused-ring (bicyclic) bond motifs is 3.